The van der Waals surface area contributed by atoms with Gasteiger partial charge in [-0.25, -0.2) is 9.69 Å². The minimum absolute atomic E-state index is 0.0976. The number of urea groups is 1. The molecule has 0 saturated carbocycles. The van der Waals surface area contributed by atoms with E-state index < -0.39 is 17.8 Å². The lowest BCUT2D eigenvalue weighted by Gasteiger charge is -2.27. The van der Waals surface area contributed by atoms with Crippen LogP contribution >= 0.6 is 0 Å². The Morgan fingerprint density at radius 1 is 0.828 bits per heavy atom. The highest BCUT2D eigenvalue weighted by molar-refractivity contribution is 6.39. The molecular formula is C23H19N3O3. The van der Waals surface area contributed by atoms with E-state index in [0.717, 1.165) is 21.7 Å². The first-order valence-electron chi connectivity index (χ1n) is 9.16. The summed E-state index contributed by atoms with van der Waals surface area (Å²) in [4.78, 5) is 39.0. The van der Waals surface area contributed by atoms with E-state index in [0.29, 0.717) is 11.4 Å². The molecular weight excluding hydrogens is 366 g/mol. The van der Waals surface area contributed by atoms with E-state index in [2.05, 4.69) is 5.32 Å². The van der Waals surface area contributed by atoms with Gasteiger partial charge in [0.05, 0.1) is 5.69 Å². The molecule has 29 heavy (non-hydrogen) atoms. The standard InChI is InChI=1S/C23H19N3O3/c1-15-11-16(2)13-19(12-15)26-22(28)20(21(27)24-23(26)29)14-18-9-6-10-25(18)17-7-4-3-5-8-17/h3-14H,1-2H3,(H,24,27,29)/b20-14-. The summed E-state index contributed by atoms with van der Waals surface area (Å²) in [6.45, 7) is 3.77. The molecule has 0 bridgehead atoms. The van der Waals surface area contributed by atoms with Crippen molar-refractivity contribution in [3.8, 4) is 5.69 Å². The number of amides is 4. The fourth-order valence-electron chi connectivity index (χ4n) is 3.46. The Labute approximate surface area is 168 Å². The number of carbonyl (C=O) groups is 3. The molecule has 0 radical (unpaired) electrons. The molecule has 2 aromatic carbocycles. The van der Waals surface area contributed by atoms with Crippen molar-refractivity contribution in [3.63, 3.8) is 0 Å². The Bertz CT molecular complexity index is 1140. The van der Waals surface area contributed by atoms with Crippen molar-refractivity contribution in [2.24, 2.45) is 0 Å². The first kappa shape index (κ1) is 18.4. The summed E-state index contributed by atoms with van der Waals surface area (Å²) < 4.78 is 1.87. The Balaban J connectivity index is 1.77. The lowest BCUT2D eigenvalue weighted by molar-refractivity contribution is -0.122. The summed E-state index contributed by atoms with van der Waals surface area (Å²) in [7, 11) is 0. The smallest absolute Gasteiger partial charge is 0.317 e. The number of imide groups is 2. The van der Waals surface area contributed by atoms with Crippen LogP contribution in [0.25, 0.3) is 11.8 Å². The van der Waals surface area contributed by atoms with Crippen LogP contribution in [-0.2, 0) is 9.59 Å². The Morgan fingerprint density at radius 3 is 2.21 bits per heavy atom. The first-order valence-corrected chi connectivity index (χ1v) is 9.16. The number of benzene rings is 2. The van der Waals surface area contributed by atoms with Gasteiger partial charge in [-0.05, 0) is 67.4 Å². The Hall–Kier alpha value is -3.93. The van der Waals surface area contributed by atoms with Crippen LogP contribution in [0.3, 0.4) is 0 Å². The van der Waals surface area contributed by atoms with Crippen molar-refractivity contribution in [2.75, 3.05) is 4.90 Å². The summed E-state index contributed by atoms with van der Waals surface area (Å²) in [5, 5.41) is 2.27. The first-order chi connectivity index (χ1) is 13.9. The van der Waals surface area contributed by atoms with E-state index in [1.54, 1.807) is 18.2 Å². The number of carbonyl (C=O) groups excluding carboxylic acids is 3. The molecule has 0 unspecified atom stereocenters. The second-order valence-corrected chi connectivity index (χ2v) is 6.94. The Kier molecular flexibility index (Phi) is 4.60. The van der Waals surface area contributed by atoms with Gasteiger partial charge < -0.3 is 4.57 Å². The van der Waals surface area contributed by atoms with Crippen molar-refractivity contribution in [3.05, 3.63) is 89.3 Å². The summed E-state index contributed by atoms with van der Waals surface area (Å²) in [5.74, 6) is -1.36. The second kappa shape index (κ2) is 7.24. The van der Waals surface area contributed by atoms with Gasteiger partial charge in [-0.2, -0.15) is 0 Å². The quantitative estimate of drug-likeness (QED) is 0.551. The van der Waals surface area contributed by atoms with Gasteiger partial charge in [0.2, 0.25) is 0 Å². The van der Waals surface area contributed by atoms with E-state index in [4.69, 9.17) is 0 Å². The van der Waals surface area contributed by atoms with Gasteiger partial charge in [0.25, 0.3) is 11.8 Å². The van der Waals surface area contributed by atoms with Gasteiger partial charge in [0, 0.05) is 17.6 Å². The largest absolute Gasteiger partial charge is 0.335 e. The number of aryl methyl sites for hydroxylation is 2. The van der Waals surface area contributed by atoms with Crippen LogP contribution in [-0.4, -0.2) is 22.4 Å². The molecule has 0 spiro atoms. The molecule has 1 aliphatic heterocycles. The summed E-state index contributed by atoms with van der Waals surface area (Å²) >= 11 is 0. The van der Waals surface area contributed by atoms with E-state index in [9.17, 15) is 14.4 Å². The highest BCUT2D eigenvalue weighted by atomic mass is 16.2. The lowest BCUT2D eigenvalue weighted by Crippen LogP contribution is -2.54. The summed E-state index contributed by atoms with van der Waals surface area (Å²) in [6.07, 6.45) is 3.35. The predicted molar refractivity (Wildman–Crippen MR) is 111 cm³/mol. The van der Waals surface area contributed by atoms with Gasteiger partial charge in [0.15, 0.2) is 0 Å². The van der Waals surface area contributed by atoms with Gasteiger partial charge in [-0.1, -0.05) is 24.3 Å². The highest BCUT2D eigenvalue weighted by Gasteiger charge is 2.37. The number of nitrogens with zero attached hydrogens (tertiary/aromatic N) is 2. The third kappa shape index (κ3) is 3.48. The van der Waals surface area contributed by atoms with Gasteiger partial charge in [-0.3, -0.25) is 14.9 Å². The van der Waals surface area contributed by atoms with Gasteiger partial charge in [-0.15, -0.1) is 0 Å². The molecule has 1 aromatic heterocycles. The molecule has 1 fully saturated rings. The molecule has 0 aliphatic carbocycles. The van der Waals surface area contributed by atoms with Crippen LogP contribution in [0.15, 0.2) is 72.4 Å². The van der Waals surface area contributed by atoms with E-state index in [1.165, 1.54) is 6.08 Å². The van der Waals surface area contributed by atoms with E-state index in [-0.39, 0.29) is 5.57 Å². The lowest BCUT2D eigenvalue weighted by atomic mass is 10.1. The van der Waals surface area contributed by atoms with Crippen molar-refractivity contribution in [2.45, 2.75) is 13.8 Å². The number of nitrogens with one attached hydrogen (secondary N) is 1. The van der Waals surface area contributed by atoms with Crippen LogP contribution in [0.5, 0.6) is 0 Å². The minimum Gasteiger partial charge on any atom is -0.317 e. The van der Waals surface area contributed by atoms with Gasteiger partial charge >= 0.3 is 6.03 Å². The molecule has 144 valence electrons. The number of aromatic nitrogens is 1. The van der Waals surface area contributed by atoms with Crippen LogP contribution in [0.1, 0.15) is 16.8 Å². The van der Waals surface area contributed by atoms with Gasteiger partial charge in [0.1, 0.15) is 5.57 Å². The zero-order valence-electron chi connectivity index (χ0n) is 16.0. The molecule has 6 nitrogen and oxygen atoms in total. The van der Waals surface area contributed by atoms with Crippen LogP contribution < -0.4 is 10.2 Å². The number of barbiturate groups is 1. The molecule has 6 heteroatoms. The zero-order valence-corrected chi connectivity index (χ0v) is 16.0. The average molecular weight is 385 g/mol. The zero-order chi connectivity index (χ0) is 20.5. The maximum Gasteiger partial charge on any atom is 0.335 e. The van der Waals surface area contributed by atoms with Crippen molar-refractivity contribution in [1.82, 2.24) is 9.88 Å². The number of anilines is 1. The third-order valence-electron chi connectivity index (χ3n) is 4.67. The maximum atomic E-state index is 13.1. The maximum absolute atomic E-state index is 13.1. The van der Waals surface area contributed by atoms with Crippen LogP contribution in [0, 0.1) is 13.8 Å². The molecule has 2 heterocycles. The van der Waals surface area contributed by atoms with Crippen molar-refractivity contribution < 1.29 is 14.4 Å². The number of hydrogen-bond donors (Lipinski definition) is 1. The monoisotopic (exact) mass is 385 g/mol. The number of para-hydroxylation sites is 1. The summed E-state index contributed by atoms with van der Waals surface area (Å²) in [5.41, 5.74) is 3.73. The highest BCUT2D eigenvalue weighted by Crippen LogP contribution is 2.25. The molecule has 4 rings (SSSR count). The average Bonchev–Trinajstić information content (AvgIpc) is 3.13. The normalized spacial score (nSPS) is 15.7. The predicted octanol–water partition coefficient (Wildman–Crippen LogP) is 3.76. The van der Waals surface area contributed by atoms with Crippen molar-refractivity contribution in [1.29, 1.82) is 0 Å². The minimum atomic E-state index is -0.749. The summed E-state index contributed by atoms with van der Waals surface area (Å²) in [6, 6.07) is 17.9. The van der Waals surface area contributed by atoms with Crippen LogP contribution in [0.2, 0.25) is 0 Å². The topological polar surface area (TPSA) is 71.4 Å². The Morgan fingerprint density at radius 2 is 1.52 bits per heavy atom. The van der Waals surface area contributed by atoms with E-state index >= 15 is 0 Å². The van der Waals surface area contributed by atoms with Crippen molar-refractivity contribution >= 4 is 29.6 Å². The molecule has 1 saturated heterocycles. The third-order valence-corrected chi connectivity index (χ3v) is 4.67. The molecule has 1 N–H and O–H groups in total. The molecule has 1 aliphatic rings. The number of rotatable bonds is 3. The van der Waals surface area contributed by atoms with E-state index in [1.807, 2.05) is 67.1 Å². The van der Waals surface area contributed by atoms with Crippen LogP contribution in [0.4, 0.5) is 10.5 Å². The molecule has 0 atom stereocenters. The SMILES string of the molecule is Cc1cc(C)cc(N2C(=O)NC(=O)/C(=C/c3cccn3-c3ccccc3)C2=O)c1. The number of hydrogen-bond acceptors (Lipinski definition) is 3. The molecule has 3 aromatic rings. The second-order valence-electron chi connectivity index (χ2n) is 6.94. The fraction of sp³-hybridized carbons (Fsp3) is 0.0870. The molecule has 4 amide bonds. The fourth-order valence-corrected chi connectivity index (χ4v) is 3.46.